The highest BCUT2D eigenvalue weighted by Gasteiger charge is 2.21. The standard InChI is InChI=1S/C17H25N3O4/c1-23-12-4-7-19-8-10-20(11-9-19)17(22)18-15-6-3-5-14(13-15)16(21)24-2/h3,5-6,13H,4,7-12H2,1-2H3,(H,18,22). The Bertz CT molecular complexity index is 557. The number of urea groups is 1. The predicted octanol–water partition coefficient (Wildman–Crippen LogP) is 1.66. The SMILES string of the molecule is COCCCN1CCN(C(=O)Nc2cccc(C(=O)OC)c2)CC1. The van der Waals surface area contributed by atoms with E-state index in [1.807, 2.05) is 0 Å². The van der Waals surface area contributed by atoms with Crippen molar-refractivity contribution in [3.63, 3.8) is 0 Å². The molecule has 2 rings (SSSR count). The molecule has 0 aliphatic carbocycles. The Morgan fingerprint density at radius 2 is 1.92 bits per heavy atom. The van der Waals surface area contributed by atoms with E-state index >= 15 is 0 Å². The maximum absolute atomic E-state index is 12.3. The summed E-state index contributed by atoms with van der Waals surface area (Å²) in [5.41, 5.74) is 1.00. The van der Waals surface area contributed by atoms with Crippen LogP contribution in [0.25, 0.3) is 0 Å². The number of anilines is 1. The summed E-state index contributed by atoms with van der Waals surface area (Å²) in [7, 11) is 3.04. The zero-order valence-corrected chi connectivity index (χ0v) is 14.3. The number of esters is 1. The largest absolute Gasteiger partial charge is 0.465 e. The molecule has 7 nitrogen and oxygen atoms in total. The van der Waals surface area contributed by atoms with E-state index in [2.05, 4.69) is 15.0 Å². The molecule has 132 valence electrons. The molecule has 1 N–H and O–H groups in total. The first-order valence-corrected chi connectivity index (χ1v) is 8.09. The highest BCUT2D eigenvalue weighted by molar-refractivity contribution is 5.93. The highest BCUT2D eigenvalue weighted by atomic mass is 16.5. The maximum Gasteiger partial charge on any atom is 0.337 e. The molecule has 7 heteroatoms. The van der Waals surface area contributed by atoms with Crippen LogP contribution in [0.2, 0.25) is 0 Å². The van der Waals surface area contributed by atoms with Gasteiger partial charge >= 0.3 is 12.0 Å². The lowest BCUT2D eigenvalue weighted by atomic mass is 10.2. The number of rotatable bonds is 6. The number of hydrogen-bond acceptors (Lipinski definition) is 5. The zero-order valence-electron chi connectivity index (χ0n) is 14.3. The summed E-state index contributed by atoms with van der Waals surface area (Å²) < 4.78 is 9.75. The van der Waals surface area contributed by atoms with Crippen LogP contribution in [0.3, 0.4) is 0 Å². The van der Waals surface area contributed by atoms with Crippen molar-refractivity contribution in [3.8, 4) is 0 Å². The van der Waals surface area contributed by atoms with Crippen molar-refractivity contribution in [2.24, 2.45) is 0 Å². The predicted molar refractivity (Wildman–Crippen MR) is 91.3 cm³/mol. The monoisotopic (exact) mass is 335 g/mol. The zero-order chi connectivity index (χ0) is 17.4. The van der Waals surface area contributed by atoms with Gasteiger partial charge in [0.2, 0.25) is 0 Å². The molecule has 0 atom stereocenters. The molecule has 24 heavy (non-hydrogen) atoms. The van der Waals surface area contributed by atoms with Crippen LogP contribution in [0.5, 0.6) is 0 Å². The topological polar surface area (TPSA) is 71.1 Å². The normalized spacial score (nSPS) is 15.2. The van der Waals surface area contributed by atoms with Crippen LogP contribution in [0.15, 0.2) is 24.3 Å². The lowest BCUT2D eigenvalue weighted by Gasteiger charge is -2.34. The quantitative estimate of drug-likeness (QED) is 0.632. The third-order valence-corrected chi connectivity index (χ3v) is 4.02. The molecule has 1 saturated heterocycles. The number of hydrogen-bond donors (Lipinski definition) is 1. The Morgan fingerprint density at radius 3 is 2.58 bits per heavy atom. The summed E-state index contributed by atoms with van der Waals surface area (Å²) in [5, 5.41) is 2.84. The van der Waals surface area contributed by atoms with Gasteiger partial charge in [-0.1, -0.05) is 6.07 Å². The second kappa shape index (κ2) is 9.24. The average Bonchev–Trinajstić information content (AvgIpc) is 2.62. The van der Waals surface area contributed by atoms with Crippen molar-refractivity contribution in [3.05, 3.63) is 29.8 Å². The second-order valence-corrected chi connectivity index (χ2v) is 5.68. The lowest BCUT2D eigenvalue weighted by molar-refractivity contribution is 0.0600. The van der Waals surface area contributed by atoms with Crippen LogP contribution in [0.1, 0.15) is 16.8 Å². The van der Waals surface area contributed by atoms with Gasteiger partial charge in [-0.2, -0.15) is 0 Å². The third kappa shape index (κ3) is 5.21. The van der Waals surface area contributed by atoms with E-state index in [9.17, 15) is 9.59 Å². The summed E-state index contributed by atoms with van der Waals surface area (Å²) >= 11 is 0. The van der Waals surface area contributed by atoms with Gasteiger partial charge in [-0.05, 0) is 24.6 Å². The fraction of sp³-hybridized carbons (Fsp3) is 0.529. The first-order valence-electron chi connectivity index (χ1n) is 8.09. The maximum atomic E-state index is 12.3. The minimum absolute atomic E-state index is 0.145. The number of carbonyl (C=O) groups excluding carboxylic acids is 2. The van der Waals surface area contributed by atoms with Gasteiger partial charge in [0.25, 0.3) is 0 Å². The lowest BCUT2D eigenvalue weighted by Crippen LogP contribution is -2.50. The Hall–Kier alpha value is -2.12. The molecule has 0 radical (unpaired) electrons. The Labute approximate surface area is 142 Å². The molecule has 0 spiro atoms. The van der Waals surface area contributed by atoms with Gasteiger partial charge < -0.3 is 19.7 Å². The molecule has 1 heterocycles. The minimum atomic E-state index is -0.421. The minimum Gasteiger partial charge on any atom is -0.465 e. The number of ether oxygens (including phenoxy) is 2. The van der Waals surface area contributed by atoms with Crippen molar-refractivity contribution < 1.29 is 19.1 Å². The van der Waals surface area contributed by atoms with Crippen LogP contribution in [-0.4, -0.2) is 75.4 Å². The van der Waals surface area contributed by atoms with E-state index < -0.39 is 5.97 Å². The van der Waals surface area contributed by atoms with Crippen molar-refractivity contribution in [2.75, 3.05) is 58.9 Å². The van der Waals surface area contributed by atoms with E-state index in [4.69, 9.17) is 4.74 Å². The molecule has 2 amide bonds. The van der Waals surface area contributed by atoms with E-state index in [0.29, 0.717) is 24.3 Å². The Balaban J connectivity index is 1.82. The second-order valence-electron chi connectivity index (χ2n) is 5.68. The van der Waals surface area contributed by atoms with Gasteiger partial charge in [-0.3, -0.25) is 4.90 Å². The van der Waals surface area contributed by atoms with Crippen LogP contribution in [0, 0.1) is 0 Å². The van der Waals surface area contributed by atoms with Crippen LogP contribution in [0.4, 0.5) is 10.5 Å². The van der Waals surface area contributed by atoms with Gasteiger partial charge in [0.05, 0.1) is 12.7 Å². The van der Waals surface area contributed by atoms with Crippen LogP contribution >= 0.6 is 0 Å². The van der Waals surface area contributed by atoms with Gasteiger partial charge in [0.15, 0.2) is 0 Å². The number of carbonyl (C=O) groups is 2. The van der Waals surface area contributed by atoms with Crippen molar-refractivity contribution in [1.82, 2.24) is 9.80 Å². The van der Waals surface area contributed by atoms with Crippen LogP contribution < -0.4 is 5.32 Å². The van der Waals surface area contributed by atoms with Crippen molar-refractivity contribution in [2.45, 2.75) is 6.42 Å². The first kappa shape index (κ1) is 18.2. The molecule has 0 aromatic heterocycles. The van der Waals surface area contributed by atoms with Crippen molar-refractivity contribution >= 4 is 17.7 Å². The summed E-state index contributed by atoms with van der Waals surface area (Å²) in [6, 6.07) is 6.60. The highest BCUT2D eigenvalue weighted by Crippen LogP contribution is 2.13. The molecule has 0 bridgehead atoms. The van der Waals surface area contributed by atoms with Crippen molar-refractivity contribution in [1.29, 1.82) is 0 Å². The molecule has 0 saturated carbocycles. The molecule has 1 aromatic rings. The first-order chi connectivity index (χ1) is 11.6. The van der Waals surface area contributed by atoms with Gasteiger partial charge in [0.1, 0.15) is 0 Å². The Kier molecular flexibility index (Phi) is 7.02. The Morgan fingerprint density at radius 1 is 1.17 bits per heavy atom. The molecule has 1 fully saturated rings. The molecule has 0 unspecified atom stereocenters. The van der Waals surface area contributed by atoms with E-state index in [0.717, 1.165) is 32.7 Å². The smallest absolute Gasteiger partial charge is 0.337 e. The number of piperazine rings is 1. The number of nitrogens with one attached hydrogen (secondary N) is 1. The number of methoxy groups -OCH3 is 2. The van der Waals surface area contributed by atoms with Crippen LogP contribution in [-0.2, 0) is 9.47 Å². The van der Waals surface area contributed by atoms with E-state index in [1.54, 1.807) is 36.3 Å². The average molecular weight is 335 g/mol. The summed E-state index contributed by atoms with van der Waals surface area (Å²) in [6.45, 7) is 4.85. The third-order valence-electron chi connectivity index (χ3n) is 4.02. The van der Waals surface area contributed by atoms with Gasteiger partial charge in [-0.15, -0.1) is 0 Å². The van der Waals surface area contributed by atoms with Gasteiger partial charge in [0, 0.05) is 52.1 Å². The molecular weight excluding hydrogens is 310 g/mol. The molecule has 1 aliphatic rings. The number of nitrogens with zero attached hydrogens (tertiary/aromatic N) is 2. The summed E-state index contributed by atoms with van der Waals surface area (Å²) in [6.07, 6.45) is 1.00. The van der Waals surface area contributed by atoms with Gasteiger partial charge in [-0.25, -0.2) is 9.59 Å². The molecule has 1 aromatic carbocycles. The molecular formula is C17H25N3O4. The molecule has 1 aliphatic heterocycles. The van der Waals surface area contributed by atoms with E-state index in [1.165, 1.54) is 7.11 Å². The fourth-order valence-electron chi connectivity index (χ4n) is 2.65. The summed E-state index contributed by atoms with van der Waals surface area (Å²) in [5.74, 6) is -0.421. The van der Waals surface area contributed by atoms with E-state index in [-0.39, 0.29) is 6.03 Å². The number of amides is 2. The summed E-state index contributed by atoms with van der Waals surface area (Å²) in [4.78, 5) is 28.0. The fourth-order valence-corrected chi connectivity index (χ4v) is 2.65. The number of benzene rings is 1.